The second-order valence-corrected chi connectivity index (χ2v) is 3.09. The van der Waals surface area contributed by atoms with Crippen molar-refractivity contribution in [3.05, 3.63) is 18.1 Å². The third-order valence-electron chi connectivity index (χ3n) is 1.89. The molecule has 86 valence electrons. The van der Waals surface area contributed by atoms with Crippen molar-refractivity contribution in [1.29, 1.82) is 5.26 Å². The Hall–Kier alpha value is -1.84. The van der Waals surface area contributed by atoms with Crippen molar-refractivity contribution in [1.82, 2.24) is 9.97 Å². The van der Waals surface area contributed by atoms with Gasteiger partial charge in [0.15, 0.2) is 0 Å². The van der Waals surface area contributed by atoms with Gasteiger partial charge in [0.25, 0.3) is 0 Å². The molecule has 0 radical (unpaired) electrons. The molecular weight excluding hydrogens is 221 g/mol. The number of nitriles is 1. The van der Waals surface area contributed by atoms with Crippen LogP contribution in [0.2, 0.25) is 0 Å². The summed E-state index contributed by atoms with van der Waals surface area (Å²) in [6.07, 6.45) is -3.39. The Labute approximate surface area is 90.3 Å². The van der Waals surface area contributed by atoms with Crippen molar-refractivity contribution >= 4 is 5.82 Å². The number of rotatable bonds is 3. The SMILES string of the molecule is CN(CCC#N)c1cc(C(F)(F)F)ncn1. The predicted molar refractivity (Wildman–Crippen MR) is 50.5 cm³/mol. The minimum absolute atomic E-state index is 0.151. The topological polar surface area (TPSA) is 52.8 Å². The lowest BCUT2D eigenvalue weighted by molar-refractivity contribution is -0.141. The second-order valence-electron chi connectivity index (χ2n) is 3.09. The van der Waals surface area contributed by atoms with Crippen LogP contribution >= 0.6 is 0 Å². The van der Waals surface area contributed by atoms with E-state index in [4.69, 9.17) is 5.26 Å². The molecule has 7 heteroatoms. The van der Waals surface area contributed by atoms with Gasteiger partial charge in [0, 0.05) is 19.7 Å². The molecule has 0 amide bonds. The Morgan fingerprint density at radius 1 is 1.44 bits per heavy atom. The molecule has 0 aromatic carbocycles. The van der Waals surface area contributed by atoms with E-state index < -0.39 is 11.9 Å². The normalized spacial score (nSPS) is 10.9. The second kappa shape index (κ2) is 4.79. The van der Waals surface area contributed by atoms with Crippen LogP contribution in [0.15, 0.2) is 12.4 Å². The van der Waals surface area contributed by atoms with Crippen LogP contribution in [0.25, 0.3) is 0 Å². The molecule has 0 aliphatic carbocycles. The van der Waals surface area contributed by atoms with Crippen LogP contribution < -0.4 is 4.90 Å². The smallest absolute Gasteiger partial charge is 0.359 e. The van der Waals surface area contributed by atoms with Crippen LogP contribution in [-0.2, 0) is 6.18 Å². The van der Waals surface area contributed by atoms with Crippen molar-refractivity contribution in [2.45, 2.75) is 12.6 Å². The van der Waals surface area contributed by atoms with E-state index >= 15 is 0 Å². The van der Waals surface area contributed by atoms with Crippen molar-refractivity contribution in [3.8, 4) is 6.07 Å². The molecule has 0 unspecified atom stereocenters. The molecule has 0 aliphatic rings. The summed E-state index contributed by atoms with van der Waals surface area (Å²) in [5.41, 5.74) is -0.985. The van der Waals surface area contributed by atoms with Crippen molar-refractivity contribution < 1.29 is 13.2 Å². The number of anilines is 1. The highest BCUT2D eigenvalue weighted by atomic mass is 19.4. The lowest BCUT2D eigenvalue weighted by atomic mass is 10.3. The highest BCUT2D eigenvalue weighted by Crippen LogP contribution is 2.28. The maximum Gasteiger partial charge on any atom is 0.433 e. The van der Waals surface area contributed by atoms with Gasteiger partial charge in [0.2, 0.25) is 0 Å². The Morgan fingerprint density at radius 3 is 2.69 bits per heavy atom. The summed E-state index contributed by atoms with van der Waals surface area (Å²) in [6, 6.07) is 2.76. The van der Waals surface area contributed by atoms with Crippen LogP contribution in [0.5, 0.6) is 0 Å². The van der Waals surface area contributed by atoms with Crippen LogP contribution in [0.4, 0.5) is 19.0 Å². The molecule has 0 bridgehead atoms. The van der Waals surface area contributed by atoms with E-state index in [9.17, 15) is 13.2 Å². The molecule has 4 nitrogen and oxygen atoms in total. The first-order valence-corrected chi connectivity index (χ1v) is 4.42. The van der Waals surface area contributed by atoms with Crippen molar-refractivity contribution in [2.24, 2.45) is 0 Å². The predicted octanol–water partition coefficient (Wildman–Crippen LogP) is 1.85. The minimum Gasteiger partial charge on any atom is -0.359 e. The average Bonchev–Trinajstić information content (AvgIpc) is 2.25. The van der Waals surface area contributed by atoms with Crippen molar-refractivity contribution in [3.63, 3.8) is 0 Å². The van der Waals surface area contributed by atoms with Crippen LogP contribution in [0, 0.1) is 11.3 Å². The van der Waals surface area contributed by atoms with E-state index in [0.717, 1.165) is 12.4 Å². The van der Waals surface area contributed by atoms with E-state index in [1.807, 2.05) is 6.07 Å². The van der Waals surface area contributed by atoms with Crippen molar-refractivity contribution in [2.75, 3.05) is 18.5 Å². The lowest BCUT2D eigenvalue weighted by Gasteiger charge is -2.17. The van der Waals surface area contributed by atoms with Gasteiger partial charge >= 0.3 is 6.18 Å². The molecule has 1 heterocycles. The third-order valence-corrected chi connectivity index (χ3v) is 1.89. The zero-order chi connectivity index (χ0) is 12.2. The Balaban J connectivity index is 2.87. The summed E-state index contributed by atoms with van der Waals surface area (Å²) in [4.78, 5) is 8.33. The first kappa shape index (κ1) is 12.2. The zero-order valence-corrected chi connectivity index (χ0v) is 8.49. The Bertz CT molecular complexity index is 396. The summed E-state index contributed by atoms with van der Waals surface area (Å²) in [5, 5.41) is 8.36. The fourth-order valence-electron chi connectivity index (χ4n) is 1.04. The van der Waals surface area contributed by atoms with E-state index in [1.165, 1.54) is 4.90 Å². The first-order chi connectivity index (χ1) is 7.45. The fourth-order valence-corrected chi connectivity index (χ4v) is 1.04. The lowest BCUT2D eigenvalue weighted by Crippen LogP contribution is -2.20. The quantitative estimate of drug-likeness (QED) is 0.795. The monoisotopic (exact) mass is 230 g/mol. The summed E-state index contributed by atoms with van der Waals surface area (Å²) in [7, 11) is 1.57. The summed E-state index contributed by atoms with van der Waals surface area (Å²) in [5.74, 6) is 0.151. The van der Waals surface area contributed by atoms with Gasteiger partial charge in [0.1, 0.15) is 17.8 Å². The molecule has 0 spiro atoms. The number of nitrogens with zero attached hydrogens (tertiary/aromatic N) is 4. The maximum absolute atomic E-state index is 12.3. The molecule has 0 N–H and O–H groups in total. The van der Waals surface area contributed by atoms with Crippen LogP contribution in [-0.4, -0.2) is 23.6 Å². The largest absolute Gasteiger partial charge is 0.433 e. The van der Waals surface area contributed by atoms with Gasteiger partial charge in [0.05, 0.1) is 12.5 Å². The summed E-state index contributed by atoms with van der Waals surface area (Å²) < 4.78 is 37.0. The Kier molecular flexibility index (Phi) is 3.66. The molecule has 0 fully saturated rings. The zero-order valence-electron chi connectivity index (χ0n) is 8.49. The van der Waals surface area contributed by atoms with Gasteiger partial charge in [-0.3, -0.25) is 0 Å². The highest BCUT2D eigenvalue weighted by Gasteiger charge is 2.33. The van der Waals surface area contributed by atoms with Gasteiger partial charge in [-0.15, -0.1) is 0 Å². The molecule has 0 aliphatic heterocycles. The number of aromatic nitrogens is 2. The van der Waals surface area contributed by atoms with Gasteiger partial charge < -0.3 is 4.90 Å². The fraction of sp³-hybridized carbons (Fsp3) is 0.444. The average molecular weight is 230 g/mol. The molecule has 0 atom stereocenters. The number of alkyl halides is 3. The number of hydrogen-bond acceptors (Lipinski definition) is 4. The molecule has 1 aromatic heterocycles. The molecule has 16 heavy (non-hydrogen) atoms. The highest BCUT2D eigenvalue weighted by molar-refractivity contribution is 5.38. The van der Waals surface area contributed by atoms with Gasteiger partial charge in [-0.25, -0.2) is 9.97 Å². The maximum atomic E-state index is 12.3. The first-order valence-electron chi connectivity index (χ1n) is 4.42. The van der Waals surface area contributed by atoms with E-state index in [0.29, 0.717) is 6.54 Å². The van der Waals surface area contributed by atoms with E-state index in [-0.39, 0.29) is 12.2 Å². The number of hydrogen-bond donors (Lipinski definition) is 0. The molecule has 1 aromatic rings. The Morgan fingerprint density at radius 2 is 2.12 bits per heavy atom. The molecule has 0 saturated carbocycles. The number of halogens is 3. The molecule has 0 saturated heterocycles. The molecular formula is C9H9F3N4. The van der Waals surface area contributed by atoms with Gasteiger partial charge in [-0.2, -0.15) is 18.4 Å². The van der Waals surface area contributed by atoms with E-state index in [2.05, 4.69) is 9.97 Å². The third kappa shape index (κ3) is 3.08. The van der Waals surface area contributed by atoms with Gasteiger partial charge in [-0.1, -0.05) is 0 Å². The summed E-state index contributed by atoms with van der Waals surface area (Å²) >= 11 is 0. The summed E-state index contributed by atoms with van der Waals surface area (Å²) in [6.45, 7) is 0.324. The van der Waals surface area contributed by atoms with Crippen LogP contribution in [0.1, 0.15) is 12.1 Å². The van der Waals surface area contributed by atoms with E-state index in [1.54, 1.807) is 7.05 Å². The van der Waals surface area contributed by atoms with Gasteiger partial charge in [-0.05, 0) is 0 Å². The minimum atomic E-state index is -4.48. The standard InChI is InChI=1S/C9H9F3N4/c1-16(4-2-3-13)8-5-7(9(10,11)12)14-6-15-8/h5-6H,2,4H2,1H3. The molecule has 1 rings (SSSR count). The van der Waals surface area contributed by atoms with Crippen LogP contribution in [0.3, 0.4) is 0 Å².